The molecule has 0 saturated heterocycles. The SMILES string of the molecule is N/C(=N\N(N)CCO)c1ccccc1Nc1c(F)cccc1F. The van der Waals surface area contributed by atoms with E-state index in [1.807, 2.05) is 0 Å². The Bertz CT molecular complexity index is 688. The van der Waals surface area contributed by atoms with Crippen LogP contribution in [0.4, 0.5) is 20.2 Å². The number of benzene rings is 2. The van der Waals surface area contributed by atoms with E-state index in [0.29, 0.717) is 11.3 Å². The molecule has 0 bridgehead atoms. The zero-order valence-electron chi connectivity index (χ0n) is 12.2. The molecule has 23 heavy (non-hydrogen) atoms. The lowest BCUT2D eigenvalue weighted by molar-refractivity contribution is 0.204. The highest BCUT2D eigenvalue weighted by Crippen LogP contribution is 2.25. The van der Waals surface area contributed by atoms with Gasteiger partial charge in [-0.05, 0) is 24.3 Å². The number of hydrazone groups is 1. The Kier molecular flexibility index (Phi) is 5.45. The van der Waals surface area contributed by atoms with Crippen molar-refractivity contribution >= 4 is 17.2 Å². The molecule has 0 saturated carbocycles. The van der Waals surface area contributed by atoms with Crippen LogP contribution in [-0.2, 0) is 0 Å². The molecule has 0 aromatic heterocycles. The summed E-state index contributed by atoms with van der Waals surface area (Å²) in [4.78, 5) is 0. The number of hydrogen-bond donors (Lipinski definition) is 4. The van der Waals surface area contributed by atoms with Gasteiger partial charge in [-0.25, -0.2) is 19.7 Å². The fraction of sp³-hybridized carbons (Fsp3) is 0.133. The molecule has 6 nitrogen and oxygen atoms in total. The van der Waals surface area contributed by atoms with Gasteiger partial charge in [0.15, 0.2) is 5.84 Å². The van der Waals surface area contributed by atoms with Gasteiger partial charge in [0.05, 0.1) is 13.2 Å². The van der Waals surface area contributed by atoms with E-state index in [2.05, 4.69) is 10.4 Å². The highest BCUT2D eigenvalue weighted by atomic mass is 19.1. The second-order valence-electron chi connectivity index (χ2n) is 4.64. The number of hydrazine groups is 1. The molecule has 2 aromatic rings. The maximum absolute atomic E-state index is 13.8. The van der Waals surface area contributed by atoms with Crippen molar-refractivity contribution < 1.29 is 13.9 Å². The van der Waals surface area contributed by atoms with Gasteiger partial charge >= 0.3 is 0 Å². The molecule has 0 aliphatic heterocycles. The van der Waals surface area contributed by atoms with Gasteiger partial charge < -0.3 is 16.2 Å². The number of aliphatic hydroxyl groups is 1. The van der Waals surface area contributed by atoms with Gasteiger partial charge in [-0.2, -0.15) is 0 Å². The molecule has 0 amide bonds. The highest BCUT2D eigenvalue weighted by Gasteiger charge is 2.12. The predicted octanol–water partition coefficient (Wildman–Crippen LogP) is 1.50. The summed E-state index contributed by atoms with van der Waals surface area (Å²) in [6.07, 6.45) is 0. The summed E-state index contributed by atoms with van der Waals surface area (Å²) < 4.78 is 27.5. The van der Waals surface area contributed by atoms with E-state index < -0.39 is 11.6 Å². The molecule has 2 aromatic carbocycles. The monoisotopic (exact) mass is 321 g/mol. The first-order chi connectivity index (χ1) is 11.0. The van der Waals surface area contributed by atoms with Crippen molar-refractivity contribution in [2.75, 3.05) is 18.5 Å². The average Bonchev–Trinajstić information content (AvgIpc) is 2.51. The van der Waals surface area contributed by atoms with Crippen molar-refractivity contribution in [2.24, 2.45) is 16.7 Å². The van der Waals surface area contributed by atoms with Crippen LogP contribution >= 0.6 is 0 Å². The Balaban J connectivity index is 2.34. The molecule has 8 heteroatoms. The zero-order valence-corrected chi connectivity index (χ0v) is 12.2. The van der Waals surface area contributed by atoms with Crippen LogP contribution in [0.15, 0.2) is 47.6 Å². The Morgan fingerprint density at radius 3 is 2.43 bits per heavy atom. The number of nitrogens with one attached hydrogen (secondary N) is 1. The lowest BCUT2D eigenvalue weighted by Gasteiger charge is -2.15. The van der Waals surface area contributed by atoms with Crippen LogP contribution in [0.2, 0.25) is 0 Å². The van der Waals surface area contributed by atoms with Gasteiger partial charge in [-0.3, -0.25) is 0 Å². The van der Waals surface area contributed by atoms with Crippen LogP contribution in [-0.4, -0.2) is 29.2 Å². The number of hydrogen-bond acceptors (Lipinski definition) is 5. The van der Waals surface area contributed by atoms with E-state index in [1.165, 1.54) is 6.07 Å². The third-order valence-electron chi connectivity index (χ3n) is 2.99. The standard InChI is InChI=1S/C15H17F2N5O/c16-11-5-3-6-12(17)14(11)20-13-7-2-1-4-10(13)15(18)21-22(19)8-9-23/h1-7,20,23H,8-9,19H2,(H2,18,21). The minimum atomic E-state index is -0.726. The van der Waals surface area contributed by atoms with Crippen LogP contribution in [0.5, 0.6) is 0 Å². The van der Waals surface area contributed by atoms with Gasteiger partial charge in [0.2, 0.25) is 0 Å². The molecule has 0 spiro atoms. The van der Waals surface area contributed by atoms with Gasteiger partial charge in [0.25, 0.3) is 0 Å². The van der Waals surface area contributed by atoms with Gasteiger partial charge in [0.1, 0.15) is 17.3 Å². The number of aliphatic hydroxyl groups excluding tert-OH is 1. The van der Waals surface area contributed by atoms with E-state index in [4.69, 9.17) is 16.7 Å². The largest absolute Gasteiger partial charge is 0.394 e. The number of nitrogens with zero attached hydrogens (tertiary/aromatic N) is 2. The number of rotatable bonds is 6. The second-order valence-corrected chi connectivity index (χ2v) is 4.64. The third-order valence-corrected chi connectivity index (χ3v) is 2.99. The molecule has 0 radical (unpaired) electrons. The molecular weight excluding hydrogens is 304 g/mol. The number of anilines is 2. The fourth-order valence-electron chi connectivity index (χ4n) is 1.91. The Labute approximate surface area is 132 Å². The number of para-hydroxylation sites is 2. The number of halogens is 2. The van der Waals surface area contributed by atoms with Crippen molar-refractivity contribution in [3.05, 3.63) is 59.7 Å². The maximum Gasteiger partial charge on any atom is 0.154 e. The fourth-order valence-corrected chi connectivity index (χ4v) is 1.91. The molecule has 0 aliphatic carbocycles. The lowest BCUT2D eigenvalue weighted by atomic mass is 10.1. The summed E-state index contributed by atoms with van der Waals surface area (Å²) in [5.74, 6) is 4.13. The number of nitrogens with two attached hydrogens (primary N) is 2. The van der Waals surface area contributed by atoms with E-state index in [-0.39, 0.29) is 24.7 Å². The van der Waals surface area contributed by atoms with E-state index in [1.54, 1.807) is 24.3 Å². The van der Waals surface area contributed by atoms with Gasteiger partial charge in [-0.15, -0.1) is 5.10 Å². The minimum absolute atomic E-state index is 0.0424. The van der Waals surface area contributed by atoms with Crippen LogP contribution < -0.4 is 16.9 Å². The molecular formula is C15H17F2N5O. The van der Waals surface area contributed by atoms with Crippen molar-refractivity contribution in [1.82, 2.24) is 5.12 Å². The summed E-state index contributed by atoms with van der Waals surface area (Å²) in [7, 11) is 0. The summed E-state index contributed by atoms with van der Waals surface area (Å²) in [5.41, 5.74) is 6.38. The average molecular weight is 321 g/mol. The van der Waals surface area contributed by atoms with Crippen molar-refractivity contribution in [2.45, 2.75) is 0 Å². The lowest BCUT2D eigenvalue weighted by Crippen LogP contribution is -2.32. The summed E-state index contributed by atoms with van der Waals surface area (Å²) in [5, 5.41) is 16.4. The molecule has 0 unspecified atom stereocenters. The van der Waals surface area contributed by atoms with Crippen LogP contribution in [0, 0.1) is 11.6 Å². The first-order valence-electron chi connectivity index (χ1n) is 6.80. The minimum Gasteiger partial charge on any atom is -0.394 e. The van der Waals surface area contributed by atoms with Crippen molar-refractivity contribution in [3.8, 4) is 0 Å². The smallest absolute Gasteiger partial charge is 0.154 e. The molecule has 122 valence electrons. The Morgan fingerprint density at radius 1 is 1.13 bits per heavy atom. The first kappa shape index (κ1) is 16.7. The molecule has 2 rings (SSSR count). The number of amidine groups is 1. The topological polar surface area (TPSA) is 99.9 Å². The van der Waals surface area contributed by atoms with Crippen LogP contribution in [0.1, 0.15) is 5.56 Å². The zero-order chi connectivity index (χ0) is 16.8. The molecule has 0 atom stereocenters. The van der Waals surface area contributed by atoms with Gasteiger partial charge in [0, 0.05) is 11.3 Å². The van der Waals surface area contributed by atoms with E-state index >= 15 is 0 Å². The predicted molar refractivity (Wildman–Crippen MR) is 84.8 cm³/mol. The third kappa shape index (κ3) is 4.15. The van der Waals surface area contributed by atoms with Gasteiger partial charge in [-0.1, -0.05) is 18.2 Å². The summed E-state index contributed by atoms with van der Waals surface area (Å²) >= 11 is 0. The van der Waals surface area contributed by atoms with Crippen molar-refractivity contribution in [3.63, 3.8) is 0 Å². The highest BCUT2D eigenvalue weighted by molar-refractivity contribution is 6.02. The summed E-state index contributed by atoms with van der Waals surface area (Å²) in [6, 6.07) is 10.2. The molecule has 6 N–H and O–H groups in total. The molecule has 0 heterocycles. The van der Waals surface area contributed by atoms with Crippen LogP contribution in [0.25, 0.3) is 0 Å². The second kappa shape index (κ2) is 7.52. The molecule has 0 fully saturated rings. The van der Waals surface area contributed by atoms with E-state index in [9.17, 15) is 8.78 Å². The maximum atomic E-state index is 13.8. The first-order valence-corrected chi connectivity index (χ1v) is 6.80. The quantitative estimate of drug-likeness (QED) is 0.280. The Hall–Kier alpha value is -2.71. The van der Waals surface area contributed by atoms with E-state index in [0.717, 1.165) is 17.3 Å². The normalized spacial score (nSPS) is 11.4. The Morgan fingerprint density at radius 2 is 1.78 bits per heavy atom. The van der Waals surface area contributed by atoms with Crippen LogP contribution in [0.3, 0.4) is 0 Å². The molecule has 0 aliphatic rings. The van der Waals surface area contributed by atoms with Crippen molar-refractivity contribution in [1.29, 1.82) is 0 Å². The summed E-state index contributed by atoms with van der Waals surface area (Å²) in [6.45, 7) is -0.0914.